The van der Waals surface area contributed by atoms with Crippen LogP contribution in [-0.2, 0) is 10.1 Å². The number of alkyl halides is 3. The van der Waals surface area contributed by atoms with E-state index in [0.29, 0.717) is 12.1 Å². The Morgan fingerprint density at radius 1 is 1.38 bits per heavy atom. The maximum atomic E-state index is 12.3. The fourth-order valence-corrected chi connectivity index (χ4v) is 1.85. The van der Waals surface area contributed by atoms with Gasteiger partial charge in [-0.25, -0.2) is 0 Å². The van der Waals surface area contributed by atoms with Crippen molar-refractivity contribution in [1.82, 2.24) is 0 Å². The summed E-state index contributed by atoms with van der Waals surface area (Å²) in [7, 11) is -6.03. The molecule has 0 saturated carbocycles. The third-order valence-electron chi connectivity index (χ3n) is 2.00. The van der Waals surface area contributed by atoms with Crippen molar-refractivity contribution >= 4 is 27.4 Å². The minimum absolute atomic E-state index is 0.0603. The third kappa shape index (κ3) is 4.03. The smallest absolute Gasteiger partial charge is 0.534 e. The predicted octanol–water partition coefficient (Wildman–Crippen LogP) is 2.66. The van der Waals surface area contributed by atoms with Gasteiger partial charge in [-0.05, 0) is 13.0 Å². The van der Waals surface area contributed by atoms with Crippen LogP contribution in [0.1, 0.15) is 6.92 Å². The van der Waals surface area contributed by atoms with Gasteiger partial charge in [0.25, 0.3) is 0 Å². The van der Waals surface area contributed by atoms with Crippen LogP contribution in [0.4, 0.5) is 18.9 Å². The molecule has 0 heterocycles. The SMILES string of the molecule is CCOc1cc(OS(=O)(=O)C(F)(F)F)c(N([O-])O)cc1Cl. The average Bonchev–Trinajstić information content (AvgIpc) is 2.31. The molecule has 0 saturated heterocycles. The molecule has 21 heavy (non-hydrogen) atoms. The first-order valence-electron chi connectivity index (χ1n) is 5.12. The van der Waals surface area contributed by atoms with Crippen molar-refractivity contribution < 1.29 is 35.7 Å². The highest BCUT2D eigenvalue weighted by molar-refractivity contribution is 7.88. The summed E-state index contributed by atoms with van der Waals surface area (Å²) < 4.78 is 67.3. The molecule has 1 aromatic rings. The molecule has 7 nitrogen and oxygen atoms in total. The second-order valence-corrected chi connectivity index (χ2v) is 5.38. The van der Waals surface area contributed by atoms with Crippen LogP contribution in [-0.4, -0.2) is 25.7 Å². The van der Waals surface area contributed by atoms with Crippen LogP contribution in [0.2, 0.25) is 5.02 Å². The van der Waals surface area contributed by atoms with Crippen LogP contribution in [0.3, 0.4) is 0 Å². The zero-order chi connectivity index (χ0) is 16.4. The van der Waals surface area contributed by atoms with Crippen molar-refractivity contribution in [3.8, 4) is 11.5 Å². The number of rotatable bonds is 5. The molecule has 0 fully saturated rings. The number of nitrogens with zero attached hydrogens (tertiary/aromatic N) is 1. The Morgan fingerprint density at radius 3 is 2.38 bits per heavy atom. The van der Waals surface area contributed by atoms with Gasteiger partial charge in [-0.3, -0.25) is 5.21 Å². The molecule has 1 aromatic carbocycles. The number of benzene rings is 1. The highest BCUT2D eigenvalue weighted by Gasteiger charge is 2.49. The molecule has 0 radical (unpaired) electrons. The number of anilines is 1. The largest absolute Gasteiger partial charge is 0.733 e. The van der Waals surface area contributed by atoms with Gasteiger partial charge >= 0.3 is 15.6 Å². The third-order valence-corrected chi connectivity index (χ3v) is 3.26. The minimum Gasteiger partial charge on any atom is -0.733 e. The molecule has 0 atom stereocenters. The summed E-state index contributed by atoms with van der Waals surface area (Å²) in [5, 5.41) is 18.5. The molecule has 0 aromatic heterocycles. The molecular weight excluding hydrogens is 343 g/mol. The van der Waals surface area contributed by atoms with Crippen molar-refractivity contribution in [2.75, 3.05) is 11.8 Å². The Bertz CT molecular complexity index is 619. The van der Waals surface area contributed by atoms with Gasteiger partial charge in [-0.15, -0.1) is 0 Å². The van der Waals surface area contributed by atoms with Gasteiger partial charge in [0.15, 0.2) is 5.75 Å². The Kier molecular flexibility index (Phi) is 5.15. The molecule has 120 valence electrons. The fourth-order valence-electron chi connectivity index (χ4n) is 1.17. The molecular formula is C9H8ClF3NO6S-. The average molecular weight is 351 g/mol. The Morgan fingerprint density at radius 2 is 1.95 bits per heavy atom. The highest BCUT2D eigenvalue weighted by atomic mass is 35.5. The zero-order valence-electron chi connectivity index (χ0n) is 10.2. The van der Waals surface area contributed by atoms with Gasteiger partial charge in [0.05, 0.1) is 17.3 Å². The van der Waals surface area contributed by atoms with Crippen molar-refractivity contribution in [3.05, 3.63) is 22.4 Å². The predicted molar refractivity (Wildman–Crippen MR) is 65.9 cm³/mol. The van der Waals surface area contributed by atoms with Gasteiger partial charge in [0.1, 0.15) is 5.75 Å². The van der Waals surface area contributed by atoms with E-state index in [1.807, 2.05) is 0 Å². The van der Waals surface area contributed by atoms with E-state index in [1.165, 1.54) is 6.92 Å². The quantitative estimate of drug-likeness (QED) is 0.495. The lowest BCUT2D eigenvalue weighted by molar-refractivity contribution is -0.0500. The summed E-state index contributed by atoms with van der Waals surface area (Å²) in [5.74, 6) is -1.31. The molecule has 0 aliphatic rings. The van der Waals surface area contributed by atoms with E-state index in [1.54, 1.807) is 0 Å². The van der Waals surface area contributed by atoms with Gasteiger partial charge in [0.2, 0.25) is 0 Å². The Balaban J connectivity index is 3.36. The first-order chi connectivity index (χ1) is 9.49. The summed E-state index contributed by atoms with van der Waals surface area (Å²) in [6.07, 6.45) is 0. The second kappa shape index (κ2) is 6.13. The summed E-state index contributed by atoms with van der Waals surface area (Å²) in [5.41, 5.74) is -6.64. The molecule has 0 unspecified atom stereocenters. The number of hydrogen-bond donors (Lipinski definition) is 1. The lowest BCUT2D eigenvalue weighted by Crippen LogP contribution is -2.28. The second-order valence-electron chi connectivity index (χ2n) is 3.44. The zero-order valence-corrected chi connectivity index (χ0v) is 11.8. The van der Waals surface area contributed by atoms with Crippen LogP contribution in [0.5, 0.6) is 11.5 Å². The number of hydrogen-bond acceptors (Lipinski definition) is 7. The number of ether oxygens (including phenoxy) is 1. The van der Waals surface area contributed by atoms with Crippen molar-refractivity contribution in [3.63, 3.8) is 0 Å². The van der Waals surface area contributed by atoms with Crippen molar-refractivity contribution in [2.24, 2.45) is 0 Å². The van der Waals surface area contributed by atoms with E-state index in [-0.39, 0.29) is 17.4 Å². The first kappa shape index (κ1) is 17.6. The minimum atomic E-state index is -6.03. The first-order valence-corrected chi connectivity index (χ1v) is 6.91. The molecule has 0 spiro atoms. The summed E-state index contributed by atoms with van der Waals surface area (Å²) in [6, 6.07) is 1.34. The molecule has 1 N–H and O–H groups in total. The van der Waals surface area contributed by atoms with E-state index in [0.717, 1.165) is 0 Å². The van der Waals surface area contributed by atoms with E-state index >= 15 is 0 Å². The van der Waals surface area contributed by atoms with E-state index in [4.69, 9.17) is 21.5 Å². The summed E-state index contributed by atoms with van der Waals surface area (Å²) in [6.45, 7) is 1.59. The Hall–Kier alpha value is -1.43. The molecule has 0 bridgehead atoms. The molecule has 0 aliphatic carbocycles. The fraction of sp³-hybridized carbons (Fsp3) is 0.333. The van der Waals surface area contributed by atoms with Gasteiger partial charge < -0.3 is 19.4 Å². The highest BCUT2D eigenvalue weighted by Crippen LogP contribution is 2.40. The van der Waals surface area contributed by atoms with Crippen molar-refractivity contribution in [2.45, 2.75) is 12.4 Å². The maximum Gasteiger partial charge on any atom is 0.534 e. The van der Waals surface area contributed by atoms with Crippen LogP contribution >= 0.6 is 11.6 Å². The molecule has 12 heteroatoms. The molecule has 0 amide bonds. The summed E-state index contributed by atoms with van der Waals surface area (Å²) >= 11 is 5.66. The summed E-state index contributed by atoms with van der Waals surface area (Å²) in [4.78, 5) is 0. The van der Waals surface area contributed by atoms with Crippen LogP contribution in [0.15, 0.2) is 12.1 Å². The van der Waals surface area contributed by atoms with E-state index in [2.05, 4.69) is 4.18 Å². The molecule has 0 aliphatic heterocycles. The lowest BCUT2D eigenvalue weighted by Gasteiger charge is -2.25. The monoisotopic (exact) mass is 350 g/mol. The normalized spacial score (nSPS) is 12.1. The number of halogens is 4. The maximum absolute atomic E-state index is 12.3. The van der Waals surface area contributed by atoms with Crippen LogP contribution in [0, 0.1) is 5.21 Å². The van der Waals surface area contributed by atoms with Gasteiger partial charge in [-0.1, -0.05) is 11.6 Å². The standard InChI is InChI=1S/C9H8ClF3NO6S/c1-2-19-7-4-8(6(14(15)16)3-5(7)10)20-21(17,18)9(11,12)13/h3-4,15H,2H2,1H3/q-1. The van der Waals surface area contributed by atoms with Gasteiger partial charge in [0, 0.05) is 6.07 Å². The van der Waals surface area contributed by atoms with Crippen LogP contribution < -0.4 is 14.1 Å². The Labute approximate surface area is 122 Å². The van der Waals surface area contributed by atoms with Crippen molar-refractivity contribution in [1.29, 1.82) is 0 Å². The van der Waals surface area contributed by atoms with Crippen LogP contribution in [0.25, 0.3) is 0 Å². The topological polar surface area (TPSA) is 99.1 Å². The van der Waals surface area contributed by atoms with Gasteiger partial charge in [-0.2, -0.15) is 21.6 Å². The van der Waals surface area contributed by atoms with E-state index < -0.39 is 32.3 Å². The van der Waals surface area contributed by atoms with E-state index in [9.17, 15) is 26.8 Å². The lowest BCUT2D eigenvalue weighted by atomic mass is 10.3. The molecule has 1 rings (SSSR count).